The molecular weight excluding hydrogens is 394 g/mol. The maximum absolute atomic E-state index is 10.1. The molecule has 164 valence electrons. The highest BCUT2D eigenvalue weighted by Crippen LogP contribution is 2.35. The van der Waals surface area contributed by atoms with E-state index in [0.717, 1.165) is 35.6 Å². The minimum absolute atomic E-state index is 0.292. The van der Waals surface area contributed by atoms with Gasteiger partial charge in [-0.05, 0) is 50.4 Å². The number of hydrogen-bond donors (Lipinski definition) is 4. The maximum atomic E-state index is 10.1. The quantitative estimate of drug-likeness (QED) is 0.171. The van der Waals surface area contributed by atoms with E-state index in [9.17, 15) is 19.8 Å². The standard InChI is InChI=1S/C17H29NO2S.C4H4O4/c1-4-5-6-7-8-11-21-17-13-15(19)14(12-16(17)20)9-10-18(2)3;5-3(6)1-2-4(7)8/h12-13,19-20H,4-11H2,1-3H3;1-2H,(H,5,6)(H,7,8)/b;2-1-. The third-order valence-corrected chi connectivity index (χ3v) is 4.99. The van der Waals surface area contributed by atoms with Crippen molar-refractivity contribution in [2.24, 2.45) is 0 Å². The van der Waals surface area contributed by atoms with Gasteiger partial charge in [0.05, 0.1) is 4.90 Å². The van der Waals surface area contributed by atoms with Gasteiger partial charge in [0.15, 0.2) is 0 Å². The lowest BCUT2D eigenvalue weighted by atomic mass is 10.1. The van der Waals surface area contributed by atoms with Crippen molar-refractivity contribution in [2.75, 3.05) is 26.4 Å². The predicted molar refractivity (Wildman–Crippen MR) is 116 cm³/mol. The molecule has 8 heteroatoms. The highest BCUT2D eigenvalue weighted by Gasteiger charge is 2.09. The lowest BCUT2D eigenvalue weighted by Gasteiger charge is -2.12. The normalized spacial score (nSPS) is 10.8. The first-order valence-corrected chi connectivity index (χ1v) is 10.6. The van der Waals surface area contributed by atoms with Crippen molar-refractivity contribution in [2.45, 2.75) is 50.3 Å². The van der Waals surface area contributed by atoms with Crippen molar-refractivity contribution in [3.8, 4) is 11.5 Å². The number of unbranched alkanes of at least 4 members (excludes halogenated alkanes) is 4. The predicted octanol–water partition coefficient (Wildman–Crippen LogP) is 3.98. The molecule has 0 bridgehead atoms. The van der Waals surface area contributed by atoms with Gasteiger partial charge in [-0.15, -0.1) is 11.8 Å². The van der Waals surface area contributed by atoms with Crippen LogP contribution in [0.4, 0.5) is 0 Å². The Balaban J connectivity index is 0.000000828. The monoisotopic (exact) mass is 427 g/mol. The summed E-state index contributed by atoms with van der Waals surface area (Å²) < 4.78 is 0. The molecule has 0 heterocycles. The van der Waals surface area contributed by atoms with E-state index in [1.165, 1.54) is 25.7 Å². The zero-order valence-electron chi connectivity index (χ0n) is 17.4. The average molecular weight is 428 g/mol. The van der Waals surface area contributed by atoms with Gasteiger partial charge in [0.1, 0.15) is 11.5 Å². The van der Waals surface area contributed by atoms with Crippen LogP contribution in [0.2, 0.25) is 0 Å². The van der Waals surface area contributed by atoms with E-state index in [1.54, 1.807) is 23.9 Å². The van der Waals surface area contributed by atoms with Crippen LogP contribution >= 0.6 is 11.8 Å². The Morgan fingerprint density at radius 2 is 1.55 bits per heavy atom. The van der Waals surface area contributed by atoms with Crippen LogP contribution in [0.1, 0.15) is 44.6 Å². The molecule has 0 saturated carbocycles. The van der Waals surface area contributed by atoms with E-state index in [0.29, 0.717) is 23.7 Å². The molecule has 0 aliphatic carbocycles. The second-order valence-electron chi connectivity index (χ2n) is 6.77. The third kappa shape index (κ3) is 14.5. The first-order valence-electron chi connectivity index (χ1n) is 9.63. The van der Waals surface area contributed by atoms with Crippen molar-refractivity contribution < 1.29 is 30.0 Å². The molecule has 1 aromatic carbocycles. The number of phenolic OH excluding ortho intramolecular Hbond substituents is 2. The molecule has 1 aromatic rings. The number of carboxylic acid groups (broad SMARTS) is 2. The summed E-state index contributed by atoms with van der Waals surface area (Å²) >= 11 is 1.63. The lowest BCUT2D eigenvalue weighted by Crippen LogP contribution is -2.15. The lowest BCUT2D eigenvalue weighted by molar-refractivity contribution is -0.134. The van der Waals surface area contributed by atoms with Crippen molar-refractivity contribution in [1.29, 1.82) is 0 Å². The van der Waals surface area contributed by atoms with Gasteiger partial charge in [-0.2, -0.15) is 0 Å². The summed E-state index contributed by atoms with van der Waals surface area (Å²) in [5.41, 5.74) is 0.813. The molecule has 0 fully saturated rings. The topological polar surface area (TPSA) is 118 Å². The molecule has 0 atom stereocenters. The Hall–Kier alpha value is -2.19. The average Bonchev–Trinajstić information content (AvgIpc) is 2.64. The van der Waals surface area contributed by atoms with Crippen LogP contribution in [-0.4, -0.2) is 63.7 Å². The van der Waals surface area contributed by atoms with Crippen molar-refractivity contribution >= 4 is 23.7 Å². The minimum atomic E-state index is -1.26. The molecule has 0 aliphatic rings. The van der Waals surface area contributed by atoms with Gasteiger partial charge in [0.25, 0.3) is 0 Å². The number of phenols is 2. The van der Waals surface area contributed by atoms with E-state index in [-0.39, 0.29) is 0 Å². The number of nitrogens with zero attached hydrogens (tertiary/aromatic N) is 1. The van der Waals surface area contributed by atoms with E-state index in [4.69, 9.17) is 10.2 Å². The fourth-order valence-electron chi connectivity index (χ4n) is 2.29. The Kier molecular flexibility index (Phi) is 14.5. The zero-order valence-corrected chi connectivity index (χ0v) is 18.2. The number of thioether (sulfide) groups is 1. The van der Waals surface area contributed by atoms with Crippen LogP contribution in [0, 0.1) is 0 Å². The first kappa shape index (κ1) is 26.8. The summed E-state index contributed by atoms with van der Waals surface area (Å²) in [5, 5.41) is 35.8. The minimum Gasteiger partial charge on any atom is -0.508 e. The number of aliphatic carboxylic acids is 2. The molecule has 1 rings (SSSR count). The number of carboxylic acids is 2. The first-order chi connectivity index (χ1) is 13.7. The molecule has 29 heavy (non-hydrogen) atoms. The van der Waals surface area contributed by atoms with Gasteiger partial charge < -0.3 is 25.3 Å². The number of benzene rings is 1. The molecule has 0 radical (unpaired) electrons. The summed E-state index contributed by atoms with van der Waals surface area (Å²) in [5.74, 6) is -0.934. The van der Waals surface area contributed by atoms with Gasteiger partial charge in [-0.25, -0.2) is 9.59 Å². The Morgan fingerprint density at radius 3 is 2.07 bits per heavy atom. The zero-order chi connectivity index (χ0) is 22.2. The number of hydrogen-bond acceptors (Lipinski definition) is 6. The Morgan fingerprint density at radius 1 is 0.966 bits per heavy atom. The molecule has 0 aliphatic heterocycles. The summed E-state index contributed by atoms with van der Waals surface area (Å²) in [4.78, 5) is 22.0. The molecule has 0 unspecified atom stereocenters. The summed E-state index contributed by atoms with van der Waals surface area (Å²) in [6, 6.07) is 3.41. The molecule has 0 aromatic heterocycles. The number of carbonyl (C=O) groups is 2. The van der Waals surface area contributed by atoms with Crippen molar-refractivity contribution in [3.63, 3.8) is 0 Å². The van der Waals surface area contributed by atoms with Gasteiger partial charge in [0, 0.05) is 18.7 Å². The Labute approximate surface area is 177 Å². The largest absolute Gasteiger partial charge is 0.508 e. The van der Waals surface area contributed by atoms with Gasteiger partial charge in [-0.1, -0.05) is 32.6 Å². The highest BCUT2D eigenvalue weighted by molar-refractivity contribution is 7.99. The smallest absolute Gasteiger partial charge is 0.328 e. The van der Waals surface area contributed by atoms with Gasteiger partial charge >= 0.3 is 11.9 Å². The van der Waals surface area contributed by atoms with Gasteiger partial charge in [-0.3, -0.25) is 0 Å². The molecule has 0 saturated heterocycles. The SMILES string of the molecule is CCCCCCCSc1cc(O)c(CCN(C)C)cc1O.O=C(O)/C=C\C(=O)O. The third-order valence-electron chi connectivity index (χ3n) is 3.86. The number of rotatable bonds is 12. The molecular formula is C21H33NO6S. The van der Waals surface area contributed by atoms with Crippen LogP contribution in [-0.2, 0) is 16.0 Å². The Bertz CT molecular complexity index is 645. The summed E-state index contributed by atoms with van der Waals surface area (Å²) in [6.07, 6.45) is 8.12. The maximum Gasteiger partial charge on any atom is 0.328 e. The van der Waals surface area contributed by atoms with Crippen molar-refractivity contribution in [3.05, 3.63) is 29.8 Å². The molecule has 4 N–H and O–H groups in total. The van der Waals surface area contributed by atoms with E-state index in [1.807, 2.05) is 14.1 Å². The van der Waals surface area contributed by atoms with E-state index >= 15 is 0 Å². The number of likely N-dealkylation sites (N-methyl/N-ethyl adjacent to an activating group) is 1. The van der Waals surface area contributed by atoms with E-state index in [2.05, 4.69) is 11.8 Å². The van der Waals surface area contributed by atoms with Crippen LogP contribution < -0.4 is 0 Å². The van der Waals surface area contributed by atoms with Crippen LogP contribution in [0.3, 0.4) is 0 Å². The van der Waals surface area contributed by atoms with Crippen LogP contribution in [0.25, 0.3) is 0 Å². The fourth-order valence-corrected chi connectivity index (χ4v) is 3.26. The molecule has 0 amide bonds. The van der Waals surface area contributed by atoms with E-state index < -0.39 is 11.9 Å². The molecule has 0 spiro atoms. The fraction of sp³-hybridized carbons (Fsp3) is 0.524. The van der Waals surface area contributed by atoms with Crippen molar-refractivity contribution in [1.82, 2.24) is 4.90 Å². The highest BCUT2D eigenvalue weighted by atomic mass is 32.2. The summed E-state index contributed by atoms with van der Waals surface area (Å²) in [7, 11) is 4.00. The molecule has 7 nitrogen and oxygen atoms in total. The van der Waals surface area contributed by atoms with Crippen LogP contribution in [0.15, 0.2) is 29.2 Å². The van der Waals surface area contributed by atoms with Crippen LogP contribution in [0.5, 0.6) is 11.5 Å². The second-order valence-corrected chi connectivity index (χ2v) is 7.91. The summed E-state index contributed by atoms with van der Waals surface area (Å²) in [6.45, 7) is 3.07. The second kappa shape index (κ2) is 15.7. The number of aromatic hydroxyl groups is 2. The van der Waals surface area contributed by atoms with Gasteiger partial charge in [0.2, 0.25) is 0 Å².